The molecule has 0 atom stereocenters. The van der Waals surface area contributed by atoms with E-state index in [1.165, 1.54) is 21.6 Å². The quantitative estimate of drug-likeness (QED) is 0.282. The van der Waals surface area contributed by atoms with Gasteiger partial charge in [0.2, 0.25) is 11.9 Å². The van der Waals surface area contributed by atoms with Gasteiger partial charge in [0.1, 0.15) is 24.4 Å². The van der Waals surface area contributed by atoms with E-state index in [-0.39, 0.29) is 18.3 Å². The maximum Gasteiger partial charge on any atom is 0.230 e. The third kappa shape index (κ3) is 5.61. The minimum Gasteiger partial charge on any atom is -0.482 e. The lowest BCUT2D eigenvalue weighted by Gasteiger charge is -2.37. The Morgan fingerprint density at radius 3 is 2.63 bits per heavy atom. The lowest BCUT2D eigenvalue weighted by Crippen LogP contribution is -2.48. The van der Waals surface area contributed by atoms with Gasteiger partial charge in [0.25, 0.3) is 0 Å². The van der Waals surface area contributed by atoms with Gasteiger partial charge in [0.15, 0.2) is 28.8 Å². The smallest absolute Gasteiger partial charge is 0.230 e. The maximum absolute atomic E-state index is 14.7. The highest BCUT2D eigenvalue weighted by Gasteiger charge is 2.23. The van der Waals surface area contributed by atoms with Gasteiger partial charge in [-0.3, -0.25) is 9.58 Å². The molecule has 0 unspecified atom stereocenters. The highest BCUT2D eigenvalue weighted by molar-refractivity contribution is 5.61. The molecule has 5 aromatic rings. The summed E-state index contributed by atoms with van der Waals surface area (Å²) >= 11 is 0. The molecule has 1 aromatic carbocycles. The second-order valence-corrected chi connectivity index (χ2v) is 9.77. The number of nitrogens with two attached hydrogens (primary N) is 1. The molecule has 5 heterocycles. The van der Waals surface area contributed by atoms with Crippen LogP contribution in [0.5, 0.6) is 5.75 Å². The summed E-state index contributed by atoms with van der Waals surface area (Å²) in [6.45, 7) is 3.94. The summed E-state index contributed by atoms with van der Waals surface area (Å²) in [6, 6.07) is 7.67. The van der Waals surface area contributed by atoms with Gasteiger partial charge in [-0.1, -0.05) is 0 Å². The third-order valence-corrected chi connectivity index (χ3v) is 6.92. The van der Waals surface area contributed by atoms with Crippen molar-refractivity contribution in [3.8, 4) is 17.2 Å². The molecule has 1 saturated heterocycles. The van der Waals surface area contributed by atoms with E-state index in [4.69, 9.17) is 14.9 Å². The number of nitrogens with zero attached hydrogens (tertiary/aromatic N) is 10. The molecule has 6 rings (SSSR count). The summed E-state index contributed by atoms with van der Waals surface area (Å²) in [5, 5.41) is 8.54. The number of rotatable bonds is 9. The monoisotopic (exact) mass is 565 g/mol. The molecule has 1 aliphatic heterocycles. The number of nitrogen functional groups attached to an aromatic ring is 1. The van der Waals surface area contributed by atoms with Gasteiger partial charge in [-0.15, -0.1) is 0 Å². The third-order valence-electron chi connectivity index (χ3n) is 6.92. The standard InChI is InChI=1S/C26H29F2N11O2/c1-35(26-31-24-13-19(21-4-3-11-40-21)33-39(24)25(29)32-26)5-6-37-7-9-38(10-8-37)20-14-22(18(28)12-17(20)27)41-15-23-30-16-36(2)34-23/h3-4,11-14,16H,5-10,15H2,1-2H3,(H2,29,31,32). The molecule has 1 aliphatic rings. The van der Waals surface area contributed by atoms with E-state index in [1.54, 1.807) is 25.4 Å². The number of aryl methyl sites for hydroxylation is 1. The zero-order valence-corrected chi connectivity index (χ0v) is 22.6. The maximum atomic E-state index is 14.7. The summed E-state index contributed by atoms with van der Waals surface area (Å²) in [5.74, 6) is 0.314. The summed E-state index contributed by atoms with van der Waals surface area (Å²) in [5.41, 5.74) is 7.65. The van der Waals surface area contributed by atoms with Crippen molar-refractivity contribution in [1.82, 2.24) is 39.2 Å². The van der Waals surface area contributed by atoms with Crippen LogP contribution in [0.2, 0.25) is 0 Å². The molecular weight excluding hydrogens is 536 g/mol. The molecule has 214 valence electrons. The highest BCUT2D eigenvalue weighted by Crippen LogP contribution is 2.29. The Morgan fingerprint density at radius 2 is 1.90 bits per heavy atom. The van der Waals surface area contributed by atoms with E-state index in [2.05, 4.69) is 30.0 Å². The molecule has 15 heteroatoms. The first-order valence-corrected chi connectivity index (χ1v) is 13.1. The molecule has 0 amide bonds. The Bertz CT molecular complexity index is 1640. The number of likely N-dealkylation sites (N-methyl/N-ethyl adjacent to an activating group) is 1. The Labute approximate surface area is 233 Å². The molecule has 4 aromatic heterocycles. The van der Waals surface area contributed by atoms with E-state index in [0.717, 1.165) is 12.6 Å². The summed E-state index contributed by atoms with van der Waals surface area (Å²) in [4.78, 5) is 19.2. The molecule has 41 heavy (non-hydrogen) atoms. The van der Waals surface area contributed by atoms with Crippen molar-refractivity contribution in [3.63, 3.8) is 0 Å². The molecule has 0 spiro atoms. The van der Waals surface area contributed by atoms with Crippen molar-refractivity contribution >= 4 is 23.2 Å². The minimum atomic E-state index is -0.766. The molecule has 0 bridgehead atoms. The second-order valence-electron chi connectivity index (χ2n) is 9.77. The topological polar surface area (TPSA) is 132 Å². The van der Waals surface area contributed by atoms with E-state index >= 15 is 0 Å². The molecule has 0 saturated carbocycles. The van der Waals surface area contributed by atoms with Crippen LogP contribution >= 0.6 is 0 Å². The van der Waals surface area contributed by atoms with Crippen molar-refractivity contribution in [2.75, 3.05) is 61.8 Å². The fraction of sp³-hybridized carbons (Fsp3) is 0.346. The second kappa shape index (κ2) is 11.0. The number of anilines is 3. The summed E-state index contributed by atoms with van der Waals surface area (Å²) in [6.07, 6.45) is 3.11. The van der Waals surface area contributed by atoms with Crippen LogP contribution in [-0.2, 0) is 13.7 Å². The number of aromatic nitrogens is 7. The van der Waals surface area contributed by atoms with Crippen LogP contribution in [0.15, 0.2) is 47.3 Å². The van der Waals surface area contributed by atoms with Crippen molar-refractivity contribution in [2.45, 2.75) is 6.61 Å². The average molecular weight is 566 g/mol. The molecule has 13 nitrogen and oxygen atoms in total. The molecule has 2 N–H and O–H groups in total. The van der Waals surface area contributed by atoms with Gasteiger partial charge >= 0.3 is 0 Å². The summed E-state index contributed by atoms with van der Waals surface area (Å²) in [7, 11) is 3.63. The number of benzene rings is 1. The normalized spacial score (nSPS) is 14.2. The Balaban J connectivity index is 1.05. The lowest BCUT2D eigenvalue weighted by atomic mass is 10.2. The predicted octanol–water partition coefficient (Wildman–Crippen LogP) is 2.21. The van der Waals surface area contributed by atoms with Gasteiger partial charge in [0, 0.05) is 71.6 Å². The fourth-order valence-corrected chi connectivity index (χ4v) is 4.68. The van der Waals surface area contributed by atoms with Gasteiger partial charge in [-0.25, -0.2) is 13.8 Å². The Hall–Kier alpha value is -4.79. The van der Waals surface area contributed by atoms with Crippen molar-refractivity contribution in [2.24, 2.45) is 7.05 Å². The number of hydrogen-bond donors (Lipinski definition) is 1. The van der Waals surface area contributed by atoms with Crippen LogP contribution in [-0.4, -0.2) is 85.6 Å². The zero-order valence-electron chi connectivity index (χ0n) is 22.6. The molecule has 0 aliphatic carbocycles. The van der Waals surface area contributed by atoms with Crippen LogP contribution < -0.4 is 20.3 Å². The SMILES string of the molecule is CN(CCN1CCN(c2cc(OCc3ncn(C)n3)c(F)cc2F)CC1)c1nc(N)n2nc(-c3ccco3)cc2n1. The zero-order chi connectivity index (χ0) is 28.5. The van der Waals surface area contributed by atoms with Crippen LogP contribution in [0.25, 0.3) is 17.1 Å². The fourth-order valence-electron chi connectivity index (χ4n) is 4.68. The first kappa shape index (κ1) is 26.4. The highest BCUT2D eigenvalue weighted by atomic mass is 19.1. The Morgan fingerprint density at radius 1 is 1.07 bits per heavy atom. The average Bonchev–Trinajstić information content (AvgIpc) is 3.73. The van der Waals surface area contributed by atoms with Crippen LogP contribution in [0.3, 0.4) is 0 Å². The number of fused-ring (bicyclic) bond motifs is 1. The van der Waals surface area contributed by atoms with Crippen LogP contribution in [0, 0.1) is 11.6 Å². The number of furan rings is 1. The largest absolute Gasteiger partial charge is 0.482 e. The van der Waals surface area contributed by atoms with Crippen molar-refractivity contribution in [3.05, 3.63) is 60.4 Å². The van der Waals surface area contributed by atoms with Crippen molar-refractivity contribution < 1.29 is 17.9 Å². The van der Waals surface area contributed by atoms with Gasteiger partial charge < -0.3 is 24.7 Å². The number of ether oxygens (including phenoxy) is 1. The molecule has 1 fully saturated rings. The number of hydrogen-bond acceptors (Lipinski definition) is 11. The number of halogens is 2. The first-order valence-electron chi connectivity index (χ1n) is 13.1. The number of piperazine rings is 1. The van der Waals surface area contributed by atoms with Crippen molar-refractivity contribution in [1.29, 1.82) is 0 Å². The lowest BCUT2D eigenvalue weighted by molar-refractivity contribution is 0.261. The molecular formula is C26H29F2N11O2. The summed E-state index contributed by atoms with van der Waals surface area (Å²) < 4.78 is 43.1. The predicted molar refractivity (Wildman–Crippen MR) is 147 cm³/mol. The van der Waals surface area contributed by atoms with E-state index < -0.39 is 11.6 Å². The Kier molecular flexibility index (Phi) is 7.09. The van der Waals surface area contributed by atoms with Crippen LogP contribution in [0.1, 0.15) is 5.82 Å². The molecule has 0 radical (unpaired) electrons. The first-order chi connectivity index (χ1) is 19.8. The van der Waals surface area contributed by atoms with Gasteiger partial charge in [-0.05, 0) is 12.1 Å². The minimum absolute atomic E-state index is 0.0153. The van der Waals surface area contributed by atoms with E-state index in [0.29, 0.717) is 67.3 Å². The van der Waals surface area contributed by atoms with Crippen LogP contribution in [0.4, 0.5) is 26.4 Å². The van der Waals surface area contributed by atoms with E-state index in [1.807, 2.05) is 22.9 Å². The van der Waals surface area contributed by atoms with E-state index in [9.17, 15) is 8.78 Å². The van der Waals surface area contributed by atoms with Gasteiger partial charge in [0.05, 0.1) is 12.0 Å². The van der Waals surface area contributed by atoms with Gasteiger partial charge in [-0.2, -0.15) is 24.7 Å².